The summed E-state index contributed by atoms with van der Waals surface area (Å²) < 4.78 is 0. The number of unbranched alkanes of at least 4 members (excludes halogenated alkanes) is 1. The first-order chi connectivity index (χ1) is 7.29. The molecule has 0 amide bonds. The Balaban J connectivity index is 4.05. The minimum atomic E-state index is 0.0160. The Kier molecular flexibility index (Phi) is 8.82. The van der Waals surface area contributed by atoms with Gasteiger partial charge in [0, 0.05) is 25.9 Å². The van der Waals surface area contributed by atoms with Gasteiger partial charge in [-0.25, -0.2) is 18.0 Å². The Morgan fingerprint density at radius 3 is 2.27 bits per heavy atom. The van der Waals surface area contributed by atoms with Crippen molar-refractivity contribution < 1.29 is 0 Å². The van der Waals surface area contributed by atoms with Crippen molar-refractivity contribution in [1.29, 1.82) is 0 Å². The van der Waals surface area contributed by atoms with Crippen molar-refractivity contribution in [3.05, 3.63) is 22.8 Å². The summed E-state index contributed by atoms with van der Waals surface area (Å²) in [7, 11) is 0. The Labute approximate surface area is 93.7 Å². The topological polar surface area (TPSA) is 12.0 Å². The van der Waals surface area contributed by atoms with Crippen LogP contribution in [0, 0.1) is 13.1 Å². The van der Waals surface area contributed by atoms with Crippen LogP contribution in [0.25, 0.3) is 9.69 Å². The lowest BCUT2D eigenvalue weighted by Gasteiger charge is -2.21. The van der Waals surface area contributed by atoms with Gasteiger partial charge in [-0.1, -0.05) is 20.3 Å². The highest BCUT2D eigenvalue weighted by Crippen LogP contribution is 2.08. The zero-order valence-corrected chi connectivity index (χ0v) is 9.87. The van der Waals surface area contributed by atoms with Gasteiger partial charge in [-0.2, -0.15) is 0 Å². The van der Waals surface area contributed by atoms with Crippen molar-refractivity contribution in [2.24, 2.45) is 0 Å². The number of hydrogen-bond acceptors (Lipinski definition) is 1. The lowest BCUT2D eigenvalue weighted by Crippen LogP contribution is -2.34. The molecule has 0 aromatic heterocycles. The molecule has 0 aromatic rings. The molecule has 0 rings (SSSR count). The molecule has 0 heterocycles. The van der Waals surface area contributed by atoms with Crippen molar-refractivity contribution >= 4 is 0 Å². The van der Waals surface area contributed by atoms with E-state index in [1.165, 1.54) is 0 Å². The maximum absolute atomic E-state index is 7.13. The number of hydrogen-bond donors (Lipinski definition) is 0. The van der Waals surface area contributed by atoms with E-state index >= 15 is 0 Å². The van der Waals surface area contributed by atoms with E-state index in [4.69, 9.17) is 13.1 Å². The van der Waals surface area contributed by atoms with E-state index in [0.29, 0.717) is 6.54 Å². The summed E-state index contributed by atoms with van der Waals surface area (Å²) in [4.78, 5) is 9.21. The molecule has 3 nitrogen and oxygen atoms in total. The first kappa shape index (κ1) is 13.9. The Hall–Kier alpha value is -1.06. The van der Waals surface area contributed by atoms with Crippen LogP contribution in [0.3, 0.4) is 0 Å². The molecule has 1 atom stereocenters. The zero-order chi connectivity index (χ0) is 11.5. The van der Waals surface area contributed by atoms with Gasteiger partial charge in [0.05, 0.1) is 0 Å². The molecule has 0 aliphatic heterocycles. The van der Waals surface area contributed by atoms with Crippen LogP contribution >= 0.6 is 0 Å². The molecule has 0 unspecified atom stereocenters. The van der Waals surface area contributed by atoms with Gasteiger partial charge in [0.15, 0.2) is 0 Å². The van der Waals surface area contributed by atoms with Crippen molar-refractivity contribution in [3.63, 3.8) is 0 Å². The predicted molar refractivity (Wildman–Crippen MR) is 63.2 cm³/mol. The minimum Gasteiger partial charge on any atom is -0.317 e. The monoisotopic (exact) mass is 207 g/mol. The van der Waals surface area contributed by atoms with E-state index in [9.17, 15) is 0 Å². The van der Waals surface area contributed by atoms with Crippen LogP contribution in [-0.2, 0) is 0 Å². The van der Waals surface area contributed by atoms with E-state index in [-0.39, 0.29) is 6.17 Å². The van der Waals surface area contributed by atoms with E-state index in [2.05, 4.69) is 28.4 Å². The van der Waals surface area contributed by atoms with Crippen LogP contribution < -0.4 is 0 Å². The highest BCUT2D eigenvalue weighted by atomic mass is 15.2. The number of rotatable bonds is 8. The molecule has 0 N–H and O–H groups in total. The SMILES string of the molecule is [C-]#[N+]CCCN(CCCC)[C@@H](CC)[N+]#[C-]. The first-order valence-electron chi connectivity index (χ1n) is 5.73. The summed E-state index contributed by atoms with van der Waals surface area (Å²) in [5.74, 6) is 0. The third-order valence-corrected chi connectivity index (χ3v) is 2.45. The van der Waals surface area contributed by atoms with Gasteiger partial charge >= 0.3 is 0 Å². The van der Waals surface area contributed by atoms with Crippen LogP contribution in [0.1, 0.15) is 39.5 Å². The summed E-state index contributed by atoms with van der Waals surface area (Å²) >= 11 is 0. The van der Waals surface area contributed by atoms with Gasteiger partial charge < -0.3 is 4.85 Å². The Morgan fingerprint density at radius 2 is 1.80 bits per heavy atom. The summed E-state index contributed by atoms with van der Waals surface area (Å²) in [5, 5.41) is 0. The van der Waals surface area contributed by atoms with E-state index < -0.39 is 0 Å². The van der Waals surface area contributed by atoms with Crippen LogP contribution in [0.4, 0.5) is 0 Å². The lowest BCUT2D eigenvalue weighted by atomic mass is 10.2. The lowest BCUT2D eigenvalue weighted by molar-refractivity contribution is 0.219. The minimum absolute atomic E-state index is 0.0160. The maximum Gasteiger partial charge on any atom is 0.279 e. The summed E-state index contributed by atoms with van der Waals surface area (Å²) in [5.41, 5.74) is 0. The maximum atomic E-state index is 7.13. The zero-order valence-electron chi connectivity index (χ0n) is 9.87. The molecule has 0 bridgehead atoms. The molecular weight excluding hydrogens is 186 g/mol. The molecule has 0 aromatic carbocycles. The summed E-state index contributed by atoms with van der Waals surface area (Å²) in [6.07, 6.45) is 4.09. The molecule has 15 heavy (non-hydrogen) atoms. The van der Waals surface area contributed by atoms with Gasteiger partial charge in [0.25, 0.3) is 6.17 Å². The van der Waals surface area contributed by atoms with Crippen molar-refractivity contribution in [3.8, 4) is 0 Å². The van der Waals surface area contributed by atoms with Gasteiger partial charge in [-0.15, -0.1) is 0 Å². The van der Waals surface area contributed by atoms with Crippen LogP contribution in [-0.4, -0.2) is 30.7 Å². The summed E-state index contributed by atoms with van der Waals surface area (Å²) in [6, 6.07) is 0. The van der Waals surface area contributed by atoms with E-state index in [1.807, 2.05) is 0 Å². The van der Waals surface area contributed by atoms with Crippen molar-refractivity contribution in [1.82, 2.24) is 4.90 Å². The van der Waals surface area contributed by atoms with Crippen LogP contribution in [0.15, 0.2) is 0 Å². The molecule has 0 fully saturated rings. The average molecular weight is 207 g/mol. The van der Waals surface area contributed by atoms with Crippen LogP contribution in [0.5, 0.6) is 0 Å². The molecule has 0 saturated heterocycles. The molecule has 84 valence electrons. The van der Waals surface area contributed by atoms with Gasteiger partial charge in [-0.05, 0) is 6.42 Å². The van der Waals surface area contributed by atoms with Crippen molar-refractivity contribution in [2.75, 3.05) is 19.6 Å². The second kappa shape index (κ2) is 9.49. The normalized spacial score (nSPS) is 12.1. The Morgan fingerprint density at radius 1 is 1.13 bits per heavy atom. The fraction of sp³-hybridized carbons (Fsp3) is 0.833. The summed E-state index contributed by atoms with van der Waals surface area (Å²) in [6.45, 7) is 20.5. The predicted octanol–water partition coefficient (Wildman–Crippen LogP) is 3.05. The second-order valence-corrected chi connectivity index (χ2v) is 3.64. The molecule has 0 aliphatic carbocycles. The highest BCUT2D eigenvalue weighted by molar-refractivity contribution is 4.79. The third kappa shape index (κ3) is 6.10. The highest BCUT2D eigenvalue weighted by Gasteiger charge is 2.19. The molecule has 3 heteroatoms. The number of nitrogens with zero attached hydrogens (tertiary/aromatic N) is 3. The molecule has 0 saturated carbocycles. The standard InChI is InChI=1S/C12H21N3/c1-5-7-10-15(11-8-9-13-3)12(6-2)14-4/h12H,5-11H2,1-2H3/t12-/m0/s1. The van der Waals surface area contributed by atoms with Crippen LogP contribution in [0.2, 0.25) is 0 Å². The quantitative estimate of drug-likeness (QED) is 0.440. The second-order valence-electron chi connectivity index (χ2n) is 3.64. The molecule has 0 radical (unpaired) electrons. The first-order valence-corrected chi connectivity index (χ1v) is 5.73. The van der Waals surface area contributed by atoms with Gasteiger partial charge in [0.1, 0.15) is 0 Å². The Bertz CT molecular complexity index is 224. The fourth-order valence-corrected chi connectivity index (χ4v) is 1.56. The van der Waals surface area contributed by atoms with E-state index in [1.54, 1.807) is 0 Å². The molecular formula is C12H21N3. The average Bonchev–Trinajstić information content (AvgIpc) is 2.26. The molecule has 0 aliphatic rings. The van der Waals surface area contributed by atoms with E-state index in [0.717, 1.165) is 38.8 Å². The third-order valence-electron chi connectivity index (χ3n) is 2.45. The van der Waals surface area contributed by atoms with Gasteiger partial charge in [0.2, 0.25) is 6.54 Å². The molecule has 0 spiro atoms. The fourth-order valence-electron chi connectivity index (χ4n) is 1.56. The smallest absolute Gasteiger partial charge is 0.279 e. The largest absolute Gasteiger partial charge is 0.317 e. The van der Waals surface area contributed by atoms with Gasteiger partial charge in [-0.3, -0.25) is 4.85 Å². The van der Waals surface area contributed by atoms with Crippen molar-refractivity contribution in [2.45, 2.75) is 45.7 Å².